The van der Waals surface area contributed by atoms with Crippen LogP contribution in [0.4, 0.5) is 17.6 Å². The van der Waals surface area contributed by atoms with Crippen molar-refractivity contribution in [2.45, 2.75) is 6.18 Å². The average molecular weight is 247 g/mol. The highest BCUT2D eigenvalue weighted by atomic mass is 32.1. The van der Waals surface area contributed by atoms with E-state index in [1.54, 1.807) is 5.38 Å². The summed E-state index contributed by atoms with van der Waals surface area (Å²) in [4.78, 5) is 3.75. The molecule has 0 aliphatic rings. The Morgan fingerprint density at radius 3 is 2.50 bits per heavy atom. The second-order valence-corrected chi connectivity index (χ2v) is 3.92. The Kier molecular flexibility index (Phi) is 2.67. The summed E-state index contributed by atoms with van der Waals surface area (Å²) < 4.78 is 50.8. The van der Waals surface area contributed by atoms with E-state index < -0.39 is 17.6 Å². The molecule has 1 aromatic carbocycles. The maximum Gasteiger partial charge on any atom is 0.417 e. The number of benzene rings is 1. The number of thiazole rings is 1. The smallest absolute Gasteiger partial charge is 0.245 e. The van der Waals surface area contributed by atoms with Crippen LogP contribution in [0.5, 0.6) is 0 Å². The van der Waals surface area contributed by atoms with Gasteiger partial charge < -0.3 is 0 Å². The van der Waals surface area contributed by atoms with Crippen LogP contribution in [-0.2, 0) is 6.18 Å². The maximum atomic E-state index is 12.9. The fourth-order valence-corrected chi connectivity index (χ4v) is 1.97. The molecular formula is C10H5F4NS. The number of aromatic nitrogens is 1. The third kappa shape index (κ3) is 2.06. The van der Waals surface area contributed by atoms with Gasteiger partial charge in [0.15, 0.2) is 0 Å². The second kappa shape index (κ2) is 3.86. The molecule has 0 fully saturated rings. The molecule has 2 rings (SSSR count). The van der Waals surface area contributed by atoms with E-state index in [1.165, 1.54) is 6.20 Å². The highest BCUT2D eigenvalue weighted by Crippen LogP contribution is 2.37. The van der Waals surface area contributed by atoms with Gasteiger partial charge in [-0.3, -0.25) is 0 Å². The molecule has 0 bridgehead atoms. The maximum absolute atomic E-state index is 12.9. The molecule has 0 radical (unpaired) electrons. The predicted octanol–water partition coefficient (Wildman–Crippen LogP) is 3.97. The fraction of sp³-hybridized carbons (Fsp3) is 0.100. The topological polar surface area (TPSA) is 12.9 Å². The minimum atomic E-state index is -4.51. The zero-order chi connectivity index (χ0) is 11.8. The Morgan fingerprint density at radius 1 is 1.19 bits per heavy atom. The molecule has 0 aliphatic heterocycles. The van der Waals surface area contributed by atoms with E-state index in [0.29, 0.717) is 0 Å². The van der Waals surface area contributed by atoms with Crippen LogP contribution >= 0.6 is 11.3 Å². The van der Waals surface area contributed by atoms with Crippen molar-refractivity contribution in [3.05, 3.63) is 41.2 Å². The van der Waals surface area contributed by atoms with Crippen molar-refractivity contribution in [1.82, 2.24) is 4.98 Å². The van der Waals surface area contributed by atoms with E-state index >= 15 is 0 Å². The molecule has 0 amide bonds. The highest BCUT2D eigenvalue weighted by Gasteiger charge is 2.34. The number of alkyl halides is 3. The number of halogens is 4. The number of hydrogen-bond donors (Lipinski definition) is 0. The third-order valence-corrected chi connectivity index (χ3v) is 2.76. The van der Waals surface area contributed by atoms with E-state index in [-0.39, 0.29) is 10.6 Å². The zero-order valence-electron chi connectivity index (χ0n) is 7.75. The standard InChI is InChI=1S/C10H5F4NS/c11-6-1-2-8(10(12,13)14)7(5-6)9-15-3-4-16-9/h1-5H. The molecule has 0 aliphatic carbocycles. The van der Waals surface area contributed by atoms with Gasteiger partial charge in [-0.1, -0.05) is 0 Å². The van der Waals surface area contributed by atoms with Gasteiger partial charge in [0.2, 0.25) is 0 Å². The Bertz CT molecular complexity index is 490. The van der Waals surface area contributed by atoms with Crippen molar-refractivity contribution >= 4 is 11.3 Å². The Morgan fingerprint density at radius 2 is 1.94 bits per heavy atom. The van der Waals surface area contributed by atoms with Crippen molar-refractivity contribution in [3.8, 4) is 10.6 Å². The molecule has 0 N–H and O–H groups in total. The Balaban J connectivity index is 2.63. The van der Waals surface area contributed by atoms with Crippen LogP contribution in [0.1, 0.15) is 5.56 Å². The first-order valence-electron chi connectivity index (χ1n) is 4.25. The van der Waals surface area contributed by atoms with Crippen LogP contribution in [0.3, 0.4) is 0 Å². The lowest BCUT2D eigenvalue weighted by atomic mass is 10.1. The summed E-state index contributed by atoms with van der Waals surface area (Å²) >= 11 is 1.04. The van der Waals surface area contributed by atoms with Crippen LogP contribution < -0.4 is 0 Å². The summed E-state index contributed by atoms with van der Waals surface area (Å²) in [5.41, 5.74) is -1.09. The number of hydrogen-bond acceptors (Lipinski definition) is 2. The van der Waals surface area contributed by atoms with Crippen LogP contribution in [0.15, 0.2) is 29.8 Å². The first-order chi connectivity index (χ1) is 7.48. The van der Waals surface area contributed by atoms with Gasteiger partial charge in [-0.15, -0.1) is 11.3 Å². The quantitative estimate of drug-likeness (QED) is 0.695. The second-order valence-electron chi connectivity index (χ2n) is 3.02. The van der Waals surface area contributed by atoms with E-state index in [4.69, 9.17) is 0 Å². The number of rotatable bonds is 1. The minimum Gasteiger partial charge on any atom is -0.245 e. The minimum absolute atomic E-state index is 0.159. The van der Waals surface area contributed by atoms with E-state index in [9.17, 15) is 17.6 Å². The lowest BCUT2D eigenvalue weighted by Gasteiger charge is -2.10. The molecule has 6 heteroatoms. The van der Waals surface area contributed by atoms with Crippen molar-refractivity contribution < 1.29 is 17.6 Å². The average Bonchev–Trinajstić information content (AvgIpc) is 2.68. The molecule has 0 spiro atoms. The molecule has 0 saturated heterocycles. The number of nitrogens with zero attached hydrogens (tertiary/aromatic N) is 1. The predicted molar refractivity (Wildman–Crippen MR) is 52.5 cm³/mol. The van der Waals surface area contributed by atoms with Crippen LogP contribution in [0, 0.1) is 5.82 Å². The summed E-state index contributed by atoms with van der Waals surface area (Å²) in [6, 6.07) is 2.37. The largest absolute Gasteiger partial charge is 0.417 e. The molecule has 1 aromatic heterocycles. The van der Waals surface area contributed by atoms with Crippen molar-refractivity contribution in [3.63, 3.8) is 0 Å². The highest BCUT2D eigenvalue weighted by molar-refractivity contribution is 7.13. The summed E-state index contributed by atoms with van der Waals surface area (Å²) in [5.74, 6) is -0.710. The third-order valence-electron chi connectivity index (χ3n) is 1.95. The zero-order valence-corrected chi connectivity index (χ0v) is 8.57. The summed E-state index contributed by atoms with van der Waals surface area (Å²) in [6.07, 6.45) is -3.13. The summed E-state index contributed by atoms with van der Waals surface area (Å²) in [7, 11) is 0. The Hall–Kier alpha value is -1.43. The Labute approximate surface area is 92.4 Å². The first kappa shape index (κ1) is 11.1. The molecule has 2 aromatic rings. The molecule has 0 unspecified atom stereocenters. The van der Waals surface area contributed by atoms with Gasteiger partial charge in [0.1, 0.15) is 10.8 Å². The van der Waals surface area contributed by atoms with Gasteiger partial charge >= 0.3 is 6.18 Å². The van der Waals surface area contributed by atoms with Crippen LogP contribution in [-0.4, -0.2) is 4.98 Å². The summed E-state index contributed by atoms with van der Waals surface area (Å²) in [6.45, 7) is 0. The van der Waals surface area contributed by atoms with Gasteiger partial charge in [0.05, 0.1) is 5.56 Å². The molecular weight excluding hydrogens is 242 g/mol. The normalized spacial score (nSPS) is 11.8. The SMILES string of the molecule is Fc1ccc(C(F)(F)F)c(-c2nccs2)c1. The van der Waals surface area contributed by atoms with E-state index in [0.717, 1.165) is 29.5 Å². The lowest BCUT2D eigenvalue weighted by Crippen LogP contribution is -2.07. The van der Waals surface area contributed by atoms with Crippen molar-refractivity contribution in [2.75, 3.05) is 0 Å². The molecule has 0 atom stereocenters. The van der Waals surface area contributed by atoms with Crippen LogP contribution in [0.25, 0.3) is 10.6 Å². The summed E-state index contributed by atoms with van der Waals surface area (Å²) in [5, 5.41) is 1.70. The van der Waals surface area contributed by atoms with Gasteiger partial charge in [-0.25, -0.2) is 9.37 Å². The van der Waals surface area contributed by atoms with Gasteiger partial charge in [0, 0.05) is 17.1 Å². The van der Waals surface area contributed by atoms with Gasteiger partial charge in [-0.2, -0.15) is 13.2 Å². The molecule has 0 saturated carbocycles. The molecule has 84 valence electrons. The first-order valence-corrected chi connectivity index (χ1v) is 5.13. The molecule has 1 nitrogen and oxygen atoms in total. The molecule has 1 heterocycles. The monoisotopic (exact) mass is 247 g/mol. The van der Waals surface area contributed by atoms with Gasteiger partial charge in [0.25, 0.3) is 0 Å². The lowest BCUT2D eigenvalue weighted by molar-refractivity contribution is -0.137. The van der Waals surface area contributed by atoms with Gasteiger partial charge in [-0.05, 0) is 18.2 Å². The van der Waals surface area contributed by atoms with Crippen LogP contribution in [0.2, 0.25) is 0 Å². The molecule has 16 heavy (non-hydrogen) atoms. The van der Waals surface area contributed by atoms with Crippen molar-refractivity contribution in [1.29, 1.82) is 0 Å². The fourth-order valence-electron chi connectivity index (χ4n) is 1.30. The van der Waals surface area contributed by atoms with E-state index in [2.05, 4.69) is 4.98 Å². The van der Waals surface area contributed by atoms with Crippen molar-refractivity contribution in [2.24, 2.45) is 0 Å². The van der Waals surface area contributed by atoms with E-state index in [1.807, 2.05) is 0 Å².